The van der Waals surface area contributed by atoms with Crippen molar-refractivity contribution >= 4 is 23.4 Å². The molecule has 0 unspecified atom stereocenters. The van der Waals surface area contributed by atoms with Gasteiger partial charge in [-0.2, -0.15) is 10.5 Å². The predicted octanol–water partition coefficient (Wildman–Crippen LogP) is 2.37. The van der Waals surface area contributed by atoms with Crippen LogP contribution in [-0.2, 0) is 5.75 Å². The van der Waals surface area contributed by atoms with Crippen LogP contribution in [0.15, 0.2) is 64.7 Å². The van der Waals surface area contributed by atoms with Crippen molar-refractivity contribution in [2.45, 2.75) is 10.8 Å². The van der Waals surface area contributed by atoms with Crippen LogP contribution in [0.3, 0.4) is 0 Å². The number of hydrogen-bond acceptors (Lipinski definition) is 8. The number of nitrogens with one attached hydrogen (secondary N) is 3. The minimum atomic E-state index is -0.366. The molecule has 0 aliphatic heterocycles. The summed E-state index contributed by atoms with van der Waals surface area (Å²) in [5, 5.41) is 26.5. The zero-order valence-electron chi connectivity index (χ0n) is 15.9. The maximum Gasteiger partial charge on any atom is 0.255 e. The number of H-pyrrole nitrogens is 2. The zero-order chi connectivity index (χ0) is 21.6. The first kappa shape index (κ1) is 20.0. The molecule has 0 aliphatic rings. The van der Waals surface area contributed by atoms with E-state index in [1.54, 1.807) is 48.8 Å². The molecular weight excluding hydrogens is 416 g/mol. The number of aromatic amines is 2. The lowest BCUT2D eigenvalue weighted by Gasteiger charge is -2.10. The van der Waals surface area contributed by atoms with Crippen molar-refractivity contribution in [2.24, 2.45) is 0 Å². The number of carbonyl (C=O) groups excluding carboxylic acids is 1. The van der Waals surface area contributed by atoms with Gasteiger partial charge in [-0.25, -0.2) is 0 Å². The third-order valence-corrected chi connectivity index (χ3v) is 5.21. The smallest absolute Gasteiger partial charge is 0.255 e. The Labute approximate surface area is 179 Å². The van der Waals surface area contributed by atoms with E-state index >= 15 is 0 Å². The normalized spacial score (nSPS) is 10.4. The van der Waals surface area contributed by atoms with Crippen LogP contribution in [0.4, 0.5) is 5.69 Å². The number of hydrogen-bond donors (Lipinski definition) is 3. The molecule has 1 amide bonds. The van der Waals surface area contributed by atoms with Crippen molar-refractivity contribution in [1.82, 2.24) is 30.6 Å². The van der Waals surface area contributed by atoms with Crippen molar-refractivity contribution in [1.29, 1.82) is 5.26 Å². The number of pyridine rings is 2. The van der Waals surface area contributed by atoms with E-state index in [1.807, 2.05) is 0 Å². The minimum absolute atomic E-state index is 0.290. The van der Waals surface area contributed by atoms with Gasteiger partial charge >= 0.3 is 0 Å². The maximum atomic E-state index is 12.6. The Balaban J connectivity index is 1.66. The van der Waals surface area contributed by atoms with E-state index in [0.717, 1.165) is 0 Å². The number of thioether (sulfide) groups is 1. The molecule has 11 heteroatoms. The first-order valence-corrected chi connectivity index (χ1v) is 9.97. The van der Waals surface area contributed by atoms with Crippen molar-refractivity contribution < 1.29 is 4.79 Å². The Kier molecular flexibility index (Phi) is 5.82. The van der Waals surface area contributed by atoms with E-state index in [0.29, 0.717) is 39.0 Å². The van der Waals surface area contributed by atoms with E-state index in [2.05, 4.69) is 42.0 Å². The molecular formula is C20H14N8O2S. The molecule has 4 rings (SSSR count). The number of aromatic nitrogens is 6. The molecule has 0 saturated heterocycles. The van der Waals surface area contributed by atoms with Gasteiger partial charge in [0.25, 0.3) is 5.91 Å². The highest BCUT2D eigenvalue weighted by atomic mass is 32.2. The summed E-state index contributed by atoms with van der Waals surface area (Å²) in [5.74, 6) is 0.428. The number of amides is 1. The molecule has 3 aromatic heterocycles. The van der Waals surface area contributed by atoms with E-state index in [9.17, 15) is 14.9 Å². The standard InChI is InChI=1S/C20H14N8O2S/c21-9-16-15(8-18(29)24-20(16)31-11-17-25-27-28-26-17)12-3-1-4-13(7-12)19(30)23-14-5-2-6-22-10-14/h1-8,10H,11H2,(H,23,30)(H,24,29)(H,25,26,27,28). The molecule has 31 heavy (non-hydrogen) atoms. The number of carbonyl (C=O) groups is 1. The van der Waals surface area contributed by atoms with Crippen LogP contribution >= 0.6 is 11.8 Å². The van der Waals surface area contributed by atoms with Gasteiger partial charge in [-0.1, -0.05) is 29.1 Å². The molecule has 0 saturated carbocycles. The number of benzene rings is 1. The van der Waals surface area contributed by atoms with Crippen molar-refractivity contribution in [3.05, 3.63) is 82.2 Å². The summed E-state index contributed by atoms with van der Waals surface area (Å²) in [6, 6.07) is 13.7. The first-order chi connectivity index (χ1) is 15.1. The van der Waals surface area contributed by atoms with Crippen LogP contribution in [0.1, 0.15) is 21.7 Å². The molecule has 4 aromatic rings. The Morgan fingerprint density at radius 2 is 2.13 bits per heavy atom. The van der Waals surface area contributed by atoms with Crippen LogP contribution in [0.2, 0.25) is 0 Å². The minimum Gasteiger partial charge on any atom is -0.321 e. The monoisotopic (exact) mass is 430 g/mol. The van der Waals surface area contributed by atoms with E-state index in [4.69, 9.17) is 0 Å². The van der Waals surface area contributed by atoms with Gasteiger partial charge in [-0.3, -0.25) is 14.6 Å². The third-order valence-electron chi connectivity index (χ3n) is 4.21. The number of nitrogens with zero attached hydrogens (tertiary/aromatic N) is 5. The fourth-order valence-electron chi connectivity index (χ4n) is 2.83. The van der Waals surface area contributed by atoms with Gasteiger partial charge in [-0.15, -0.1) is 10.2 Å². The maximum absolute atomic E-state index is 12.6. The molecule has 0 fully saturated rings. The second-order valence-electron chi connectivity index (χ2n) is 6.26. The molecule has 0 aliphatic carbocycles. The van der Waals surface area contributed by atoms with Crippen LogP contribution in [-0.4, -0.2) is 36.5 Å². The Hall–Kier alpha value is -4.30. The third kappa shape index (κ3) is 4.65. The van der Waals surface area contributed by atoms with Gasteiger partial charge < -0.3 is 10.3 Å². The van der Waals surface area contributed by atoms with Gasteiger partial charge in [-0.05, 0) is 29.8 Å². The second-order valence-corrected chi connectivity index (χ2v) is 7.24. The summed E-state index contributed by atoms with van der Waals surface area (Å²) >= 11 is 1.22. The molecule has 10 nitrogen and oxygen atoms in total. The fraction of sp³-hybridized carbons (Fsp3) is 0.0500. The SMILES string of the molecule is N#Cc1c(-c2cccc(C(=O)Nc3cccnc3)c2)cc(=O)[nH]c1SCc1nn[nH]n1. The van der Waals surface area contributed by atoms with Crippen LogP contribution in [0.25, 0.3) is 11.1 Å². The second kappa shape index (κ2) is 9.02. The highest BCUT2D eigenvalue weighted by molar-refractivity contribution is 7.98. The van der Waals surface area contributed by atoms with Gasteiger partial charge in [0.1, 0.15) is 6.07 Å². The topological polar surface area (TPSA) is 153 Å². The summed E-state index contributed by atoms with van der Waals surface area (Å²) in [5.41, 5.74) is 1.87. The highest BCUT2D eigenvalue weighted by Gasteiger charge is 2.16. The van der Waals surface area contributed by atoms with Gasteiger partial charge in [0, 0.05) is 23.4 Å². The van der Waals surface area contributed by atoms with E-state index in [1.165, 1.54) is 17.8 Å². The van der Waals surface area contributed by atoms with E-state index < -0.39 is 0 Å². The van der Waals surface area contributed by atoms with Gasteiger partial charge in [0.15, 0.2) is 5.82 Å². The number of tetrazole rings is 1. The molecule has 0 spiro atoms. The Bertz CT molecular complexity index is 1310. The molecule has 152 valence electrons. The Morgan fingerprint density at radius 1 is 1.23 bits per heavy atom. The fourth-order valence-corrected chi connectivity index (χ4v) is 3.70. The van der Waals surface area contributed by atoms with Crippen LogP contribution < -0.4 is 10.9 Å². The average Bonchev–Trinajstić information content (AvgIpc) is 3.32. The van der Waals surface area contributed by atoms with Gasteiger partial charge in [0.05, 0.1) is 28.2 Å². The van der Waals surface area contributed by atoms with Crippen LogP contribution in [0, 0.1) is 11.3 Å². The van der Waals surface area contributed by atoms with E-state index in [-0.39, 0.29) is 17.0 Å². The molecule has 0 bridgehead atoms. The predicted molar refractivity (Wildman–Crippen MR) is 113 cm³/mol. The molecule has 0 atom stereocenters. The summed E-state index contributed by atoms with van der Waals surface area (Å²) in [7, 11) is 0. The lowest BCUT2D eigenvalue weighted by Crippen LogP contribution is -2.12. The van der Waals surface area contributed by atoms with Crippen LogP contribution in [0.5, 0.6) is 0 Å². The van der Waals surface area contributed by atoms with Crippen molar-refractivity contribution in [3.63, 3.8) is 0 Å². The van der Waals surface area contributed by atoms with Gasteiger partial charge in [0.2, 0.25) is 5.56 Å². The molecule has 0 radical (unpaired) electrons. The molecule has 1 aromatic carbocycles. The quantitative estimate of drug-likeness (QED) is 0.394. The number of nitriles is 1. The number of anilines is 1. The molecule has 3 heterocycles. The highest BCUT2D eigenvalue weighted by Crippen LogP contribution is 2.30. The average molecular weight is 430 g/mol. The lowest BCUT2D eigenvalue weighted by molar-refractivity contribution is 0.102. The van der Waals surface area contributed by atoms with Crippen molar-refractivity contribution in [2.75, 3.05) is 5.32 Å². The Morgan fingerprint density at radius 3 is 2.87 bits per heavy atom. The number of rotatable bonds is 6. The largest absolute Gasteiger partial charge is 0.321 e. The first-order valence-electron chi connectivity index (χ1n) is 8.98. The summed E-state index contributed by atoms with van der Waals surface area (Å²) in [4.78, 5) is 31.5. The lowest BCUT2D eigenvalue weighted by atomic mass is 10.00. The molecule has 3 N–H and O–H groups in total. The summed E-state index contributed by atoms with van der Waals surface area (Å²) in [6.45, 7) is 0. The summed E-state index contributed by atoms with van der Waals surface area (Å²) < 4.78 is 0. The summed E-state index contributed by atoms with van der Waals surface area (Å²) in [6.07, 6.45) is 3.15. The van der Waals surface area contributed by atoms with Crippen molar-refractivity contribution in [3.8, 4) is 17.2 Å². The zero-order valence-corrected chi connectivity index (χ0v) is 16.7.